The Balaban J connectivity index is 1.83. The summed E-state index contributed by atoms with van der Waals surface area (Å²) in [5.41, 5.74) is 1.22. The zero-order valence-electron chi connectivity index (χ0n) is 13.6. The van der Waals surface area contributed by atoms with Gasteiger partial charge in [0, 0.05) is 11.1 Å². The summed E-state index contributed by atoms with van der Waals surface area (Å²) >= 11 is 0. The molecular weight excluding hydrogens is 342 g/mol. The van der Waals surface area contributed by atoms with Crippen molar-refractivity contribution in [2.75, 3.05) is 0 Å². The maximum absolute atomic E-state index is 12.4. The summed E-state index contributed by atoms with van der Waals surface area (Å²) in [6.07, 6.45) is 0. The summed E-state index contributed by atoms with van der Waals surface area (Å²) in [6, 6.07) is 14.7. The van der Waals surface area contributed by atoms with E-state index in [1.165, 1.54) is 38.1 Å². The summed E-state index contributed by atoms with van der Waals surface area (Å²) in [4.78, 5) is 12.3. The number of aryl methyl sites for hydroxylation is 2. The first-order valence-corrected chi connectivity index (χ1v) is 8.86. The Morgan fingerprint density at radius 1 is 0.960 bits per heavy atom. The molecule has 3 aromatic rings. The van der Waals surface area contributed by atoms with Gasteiger partial charge in [-0.1, -0.05) is 35.5 Å². The van der Waals surface area contributed by atoms with Crippen molar-refractivity contribution in [1.29, 1.82) is 0 Å². The Bertz CT molecular complexity index is 986. The van der Waals surface area contributed by atoms with E-state index >= 15 is 0 Å². The molecule has 0 aliphatic carbocycles. The van der Waals surface area contributed by atoms with Crippen molar-refractivity contribution in [3.8, 4) is 5.75 Å². The summed E-state index contributed by atoms with van der Waals surface area (Å²) < 4.78 is 34.7. The van der Waals surface area contributed by atoms with Gasteiger partial charge >= 0.3 is 10.1 Å². The first-order valence-electron chi connectivity index (χ1n) is 7.45. The van der Waals surface area contributed by atoms with Crippen LogP contribution in [0.2, 0.25) is 0 Å². The zero-order chi connectivity index (χ0) is 18.0. The van der Waals surface area contributed by atoms with E-state index in [2.05, 4.69) is 5.16 Å². The molecule has 0 amide bonds. The lowest BCUT2D eigenvalue weighted by Crippen LogP contribution is -2.11. The van der Waals surface area contributed by atoms with Crippen LogP contribution >= 0.6 is 0 Å². The van der Waals surface area contributed by atoms with E-state index in [1.54, 1.807) is 24.3 Å². The second kappa shape index (κ2) is 6.52. The third-order valence-corrected chi connectivity index (χ3v) is 5.07. The highest BCUT2D eigenvalue weighted by Crippen LogP contribution is 2.24. The van der Waals surface area contributed by atoms with Crippen molar-refractivity contribution >= 4 is 15.9 Å². The van der Waals surface area contributed by atoms with Gasteiger partial charge in [0.25, 0.3) is 0 Å². The molecule has 0 atom stereocenters. The second-order valence-electron chi connectivity index (χ2n) is 5.41. The summed E-state index contributed by atoms with van der Waals surface area (Å²) in [5, 5.41) is 3.62. The lowest BCUT2D eigenvalue weighted by Gasteiger charge is -2.07. The van der Waals surface area contributed by atoms with Crippen LogP contribution in [0.5, 0.6) is 5.75 Å². The number of rotatable bonds is 5. The fourth-order valence-electron chi connectivity index (χ4n) is 2.42. The highest BCUT2D eigenvalue weighted by Gasteiger charge is 2.26. The van der Waals surface area contributed by atoms with Gasteiger partial charge in [-0.3, -0.25) is 4.79 Å². The third kappa shape index (κ3) is 3.46. The fraction of sp³-hybridized carbons (Fsp3) is 0.111. The molecule has 1 heterocycles. The molecule has 0 saturated heterocycles. The lowest BCUT2D eigenvalue weighted by molar-refractivity contribution is 0.103. The Kier molecular flexibility index (Phi) is 4.41. The maximum Gasteiger partial charge on any atom is 0.344 e. The number of carbonyl (C=O) groups is 1. The Morgan fingerprint density at radius 3 is 2.12 bits per heavy atom. The third-order valence-electron chi connectivity index (χ3n) is 3.58. The van der Waals surface area contributed by atoms with E-state index in [1.807, 2.05) is 6.07 Å². The minimum Gasteiger partial charge on any atom is -0.379 e. The largest absolute Gasteiger partial charge is 0.379 e. The van der Waals surface area contributed by atoms with Crippen LogP contribution in [0.3, 0.4) is 0 Å². The van der Waals surface area contributed by atoms with Crippen molar-refractivity contribution in [2.45, 2.75) is 18.7 Å². The summed E-state index contributed by atoms with van der Waals surface area (Å²) in [6.45, 7) is 3.02. The molecule has 0 aliphatic heterocycles. The Hall–Kier alpha value is -2.93. The molecule has 0 N–H and O–H groups in total. The van der Waals surface area contributed by atoms with Crippen LogP contribution in [0.25, 0.3) is 0 Å². The van der Waals surface area contributed by atoms with Gasteiger partial charge in [0.2, 0.25) is 0 Å². The van der Waals surface area contributed by atoms with E-state index in [9.17, 15) is 13.2 Å². The number of hydrogen-bond donors (Lipinski definition) is 0. The quantitative estimate of drug-likeness (QED) is 0.514. The highest BCUT2D eigenvalue weighted by molar-refractivity contribution is 7.87. The molecule has 7 heteroatoms. The first-order chi connectivity index (χ1) is 11.9. The average molecular weight is 357 g/mol. The molecule has 25 heavy (non-hydrogen) atoms. The average Bonchev–Trinajstić information content (AvgIpc) is 2.95. The van der Waals surface area contributed by atoms with Crippen LogP contribution in [-0.2, 0) is 10.1 Å². The monoisotopic (exact) mass is 357 g/mol. The number of aromatic nitrogens is 1. The molecule has 0 fully saturated rings. The molecule has 0 radical (unpaired) electrons. The summed E-state index contributed by atoms with van der Waals surface area (Å²) in [7, 11) is -4.06. The first kappa shape index (κ1) is 16.9. The van der Waals surface area contributed by atoms with E-state index in [0.717, 1.165) is 0 Å². The van der Waals surface area contributed by atoms with Gasteiger partial charge in [0.05, 0.1) is 0 Å². The highest BCUT2D eigenvalue weighted by atomic mass is 32.2. The standard InChI is InChI=1S/C18H15NO5S/c1-12-18(13(2)23-19-12)25(21,22)24-16-10-8-15(9-11-16)17(20)14-6-4-3-5-7-14/h3-11H,1-2H3. The predicted molar refractivity (Wildman–Crippen MR) is 90.1 cm³/mol. The Labute approximate surface area is 145 Å². The molecule has 0 unspecified atom stereocenters. The fourth-order valence-corrected chi connectivity index (χ4v) is 3.65. The van der Waals surface area contributed by atoms with Crippen LogP contribution in [0.1, 0.15) is 27.4 Å². The number of nitrogens with zero attached hydrogens (tertiary/aromatic N) is 1. The number of hydrogen-bond acceptors (Lipinski definition) is 6. The van der Waals surface area contributed by atoms with Crippen molar-refractivity contribution in [3.63, 3.8) is 0 Å². The molecule has 0 saturated carbocycles. The van der Waals surface area contributed by atoms with Gasteiger partial charge in [0.15, 0.2) is 16.4 Å². The van der Waals surface area contributed by atoms with E-state index in [4.69, 9.17) is 8.71 Å². The van der Waals surface area contributed by atoms with E-state index in [0.29, 0.717) is 11.1 Å². The van der Waals surface area contributed by atoms with Gasteiger partial charge < -0.3 is 8.71 Å². The molecule has 0 spiro atoms. The number of carbonyl (C=O) groups excluding carboxylic acids is 1. The molecule has 128 valence electrons. The minimum absolute atomic E-state index is 0.0862. The predicted octanol–water partition coefficient (Wildman–Crippen LogP) is 3.29. The topological polar surface area (TPSA) is 86.5 Å². The van der Waals surface area contributed by atoms with Crippen molar-refractivity contribution in [3.05, 3.63) is 77.2 Å². The zero-order valence-corrected chi connectivity index (χ0v) is 14.4. The van der Waals surface area contributed by atoms with E-state index in [-0.39, 0.29) is 27.9 Å². The SMILES string of the molecule is Cc1noc(C)c1S(=O)(=O)Oc1ccc(C(=O)c2ccccc2)cc1. The van der Waals surface area contributed by atoms with Crippen LogP contribution in [-0.4, -0.2) is 19.4 Å². The van der Waals surface area contributed by atoms with Gasteiger partial charge in [0.1, 0.15) is 11.4 Å². The van der Waals surface area contributed by atoms with Gasteiger partial charge in [-0.05, 0) is 38.1 Å². The van der Waals surface area contributed by atoms with Gasteiger partial charge in [-0.2, -0.15) is 8.42 Å². The molecule has 2 aromatic carbocycles. The smallest absolute Gasteiger partial charge is 0.344 e. The van der Waals surface area contributed by atoms with Gasteiger partial charge in [-0.15, -0.1) is 0 Å². The molecule has 0 bridgehead atoms. The number of ketones is 1. The molecule has 3 rings (SSSR count). The van der Waals surface area contributed by atoms with Crippen molar-refractivity contribution < 1.29 is 21.9 Å². The minimum atomic E-state index is -4.06. The Morgan fingerprint density at radius 2 is 1.56 bits per heavy atom. The van der Waals surface area contributed by atoms with Crippen LogP contribution in [0.4, 0.5) is 0 Å². The molecule has 6 nitrogen and oxygen atoms in total. The lowest BCUT2D eigenvalue weighted by atomic mass is 10.0. The molecular formula is C18H15NO5S. The maximum atomic E-state index is 12.4. The van der Waals surface area contributed by atoms with Crippen molar-refractivity contribution in [1.82, 2.24) is 5.16 Å². The van der Waals surface area contributed by atoms with E-state index < -0.39 is 10.1 Å². The van der Waals surface area contributed by atoms with Gasteiger partial charge in [-0.25, -0.2) is 0 Å². The molecule has 0 aliphatic rings. The normalized spacial score (nSPS) is 11.3. The van der Waals surface area contributed by atoms with Crippen LogP contribution in [0, 0.1) is 13.8 Å². The van der Waals surface area contributed by atoms with Crippen molar-refractivity contribution in [2.24, 2.45) is 0 Å². The summed E-state index contributed by atoms with van der Waals surface area (Å²) in [5.74, 6) is 0.110. The molecule has 1 aromatic heterocycles. The second-order valence-corrected chi connectivity index (χ2v) is 6.89. The number of benzene rings is 2. The van der Waals surface area contributed by atoms with Crippen LogP contribution in [0.15, 0.2) is 64.0 Å². The van der Waals surface area contributed by atoms with Crippen LogP contribution < -0.4 is 4.18 Å².